The zero-order valence-electron chi connectivity index (χ0n) is 11.1. The molecule has 4 rings (SSSR count). The van der Waals surface area contributed by atoms with Crippen molar-refractivity contribution >= 4 is 0 Å². The van der Waals surface area contributed by atoms with Crippen LogP contribution in [0.4, 0.5) is 0 Å². The Hall–Kier alpha value is -0.0800. The molecule has 0 spiro atoms. The van der Waals surface area contributed by atoms with E-state index in [9.17, 15) is 5.11 Å². The molecule has 0 aromatic rings. The first-order chi connectivity index (χ1) is 8.13. The highest BCUT2D eigenvalue weighted by Gasteiger charge is 2.50. The van der Waals surface area contributed by atoms with Crippen molar-refractivity contribution in [2.75, 3.05) is 6.61 Å². The Kier molecular flexibility index (Phi) is 3.20. The van der Waals surface area contributed by atoms with Crippen LogP contribution in [0.2, 0.25) is 0 Å². The van der Waals surface area contributed by atoms with Gasteiger partial charge in [0.2, 0.25) is 0 Å². The summed E-state index contributed by atoms with van der Waals surface area (Å²) in [5.41, 5.74) is 0. The van der Waals surface area contributed by atoms with Gasteiger partial charge in [-0.05, 0) is 75.5 Å². The van der Waals surface area contributed by atoms with Crippen molar-refractivity contribution in [3.8, 4) is 0 Å². The van der Waals surface area contributed by atoms with Gasteiger partial charge in [-0.2, -0.15) is 0 Å². The summed E-state index contributed by atoms with van der Waals surface area (Å²) < 4.78 is 5.61. The van der Waals surface area contributed by atoms with Crippen LogP contribution in [-0.2, 0) is 4.74 Å². The lowest BCUT2D eigenvalue weighted by atomic mass is 9.51. The van der Waals surface area contributed by atoms with Gasteiger partial charge in [0.25, 0.3) is 0 Å². The van der Waals surface area contributed by atoms with Crippen LogP contribution in [0.5, 0.6) is 0 Å². The number of aliphatic hydroxyl groups is 1. The molecule has 1 N–H and O–H groups in total. The number of rotatable bonds is 4. The summed E-state index contributed by atoms with van der Waals surface area (Å²) in [5.74, 6) is 4.13. The highest BCUT2D eigenvalue weighted by atomic mass is 16.5. The average molecular weight is 238 g/mol. The molecule has 4 aliphatic rings. The Morgan fingerprint density at radius 1 is 1.00 bits per heavy atom. The van der Waals surface area contributed by atoms with E-state index in [4.69, 9.17) is 4.74 Å². The summed E-state index contributed by atoms with van der Waals surface area (Å²) in [6, 6.07) is 0. The van der Waals surface area contributed by atoms with Crippen molar-refractivity contribution in [3.63, 3.8) is 0 Å². The molecule has 4 saturated carbocycles. The summed E-state index contributed by atoms with van der Waals surface area (Å²) in [4.78, 5) is 0. The van der Waals surface area contributed by atoms with Crippen LogP contribution in [0.3, 0.4) is 0 Å². The predicted molar refractivity (Wildman–Crippen MR) is 67.6 cm³/mol. The maximum atomic E-state index is 10.4. The molecule has 0 saturated heterocycles. The van der Waals surface area contributed by atoms with Crippen LogP contribution in [-0.4, -0.2) is 23.9 Å². The van der Waals surface area contributed by atoms with Gasteiger partial charge >= 0.3 is 0 Å². The SMILES string of the molecule is CC(C)OCC(O)C1C2CC3CC(C2)CC1C3. The van der Waals surface area contributed by atoms with Gasteiger partial charge < -0.3 is 9.84 Å². The summed E-state index contributed by atoms with van der Waals surface area (Å²) in [5, 5.41) is 10.4. The van der Waals surface area contributed by atoms with Crippen molar-refractivity contribution in [3.05, 3.63) is 0 Å². The third-order valence-electron chi connectivity index (χ3n) is 5.34. The molecule has 0 aromatic carbocycles. The van der Waals surface area contributed by atoms with Crippen LogP contribution < -0.4 is 0 Å². The molecule has 1 atom stereocenters. The zero-order valence-corrected chi connectivity index (χ0v) is 11.1. The molecule has 1 unspecified atom stereocenters. The molecule has 0 heterocycles. The fourth-order valence-corrected chi connectivity index (χ4v) is 5.00. The van der Waals surface area contributed by atoms with E-state index >= 15 is 0 Å². The molecular formula is C15H26O2. The summed E-state index contributed by atoms with van der Waals surface area (Å²) in [7, 11) is 0. The molecule has 4 fully saturated rings. The predicted octanol–water partition coefficient (Wildman–Crippen LogP) is 2.84. The van der Waals surface area contributed by atoms with Crippen molar-refractivity contribution in [1.82, 2.24) is 0 Å². The summed E-state index contributed by atoms with van der Waals surface area (Å²) >= 11 is 0. The zero-order chi connectivity index (χ0) is 12.0. The van der Waals surface area contributed by atoms with E-state index in [1.165, 1.54) is 32.1 Å². The van der Waals surface area contributed by atoms with Gasteiger partial charge in [-0.25, -0.2) is 0 Å². The Morgan fingerprint density at radius 3 is 2.00 bits per heavy atom. The van der Waals surface area contributed by atoms with E-state index in [2.05, 4.69) is 0 Å². The molecule has 0 aliphatic heterocycles. The normalized spacial score (nSPS) is 45.5. The van der Waals surface area contributed by atoms with E-state index < -0.39 is 0 Å². The van der Waals surface area contributed by atoms with Gasteiger partial charge in [0, 0.05) is 0 Å². The smallest absolute Gasteiger partial charge is 0.0807 e. The topological polar surface area (TPSA) is 29.5 Å². The van der Waals surface area contributed by atoms with Gasteiger partial charge in [0.15, 0.2) is 0 Å². The van der Waals surface area contributed by atoms with Gasteiger partial charge in [0.1, 0.15) is 0 Å². The van der Waals surface area contributed by atoms with Crippen molar-refractivity contribution in [2.24, 2.45) is 29.6 Å². The lowest BCUT2D eigenvalue weighted by Crippen LogP contribution is -2.50. The first kappa shape index (κ1) is 12.0. The maximum absolute atomic E-state index is 10.4. The molecule has 0 amide bonds. The number of hydrogen-bond donors (Lipinski definition) is 1. The van der Waals surface area contributed by atoms with E-state index in [1.807, 2.05) is 13.8 Å². The molecule has 4 aliphatic carbocycles. The molecular weight excluding hydrogens is 212 g/mol. The Bertz CT molecular complexity index is 246. The minimum absolute atomic E-state index is 0.215. The van der Waals surface area contributed by atoms with E-state index in [0.717, 1.165) is 23.7 Å². The van der Waals surface area contributed by atoms with Gasteiger partial charge in [0.05, 0.1) is 18.8 Å². The lowest BCUT2D eigenvalue weighted by molar-refractivity contribution is -0.115. The van der Waals surface area contributed by atoms with E-state index in [1.54, 1.807) is 0 Å². The maximum Gasteiger partial charge on any atom is 0.0807 e. The highest BCUT2D eigenvalue weighted by molar-refractivity contribution is 5.00. The summed E-state index contributed by atoms with van der Waals surface area (Å²) in [6.45, 7) is 4.64. The average Bonchev–Trinajstić information content (AvgIpc) is 2.24. The quantitative estimate of drug-likeness (QED) is 0.816. The van der Waals surface area contributed by atoms with Crippen molar-refractivity contribution < 1.29 is 9.84 Å². The highest BCUT2D eigenvalue weighted by Crippen LogP contribution is 2.57. The third-order valence-corrected chi connectivity index (χ3v) is 5.34. The molecule has 4 bridgehead atoms. The van der Waals surface area contributed by atoms with Gasteiger partial charge in [-0.3, -0.25) is 0 Å². The monoisotopic (exact) mass is 238 g/mol. The number of aliphatic hydroxyl groups excluding tert-OH is 1. The van der Waals surface area contributed by atoms with Crippen LogP contribution in [0, 0.1) is 29.6 Å². The van der Waals surface area contributed by atoms with Gasteiger partial charge in [-0.1, -0.05) is 0 Å². The second kappa shape index (κ2) is 4.55. The number of hydrogen-bond acceptors (Lipinski definition) is 2. The molecule has 2 nitrogen and oxygen atoms in total. The Labute approximate surface area is 105 Å². The third kappa shape index (κ3) is 2.26. The van der Waals surface area contributed by atoms with Crippen molar-refractivity contribution in [1.29, 1.82) is 0 Å². The molecule has 98 valence electrons. The molecule has 0 aromatic heterocycles. The summed E-state index contributed by atoms with van der Waals surface area (Å²) in [6.07, 6.45) is 7.05. The Morgan fingerprint density at radius 2 is 1.53 bits per heavy atom. The molecule has 0 radical (unpaired) electrons. The van der Waals surface area contributed by atoms with Crippen LogP contribution >= 0.6 is 0 Å². The first-order valence-electron chi connectivity index (χ1n) is 7.43. The minimum Gasteiger partial charge on any atom is -0.390 e. The second-order valence-electron chi connectivity index (χ2n) is 6.96. The van der Waals surface area contributed by atoms with E-state index in [-0.39, 0.29) is 12.2 Å². The minimum atomic E-state index is -0.215. The van der Waals surface area contributed by atoms with Crippen LogP contribution in [0.25, 0.3) is 0 Å². The van der Waals surface area contributed by atoms with E-state index in [0.29, 0.717) is 12.5 Å². The second-order valence-corrected chi connectivity index (χ2v) is 6.96. The standard InChI is InChI=1S/C15H26O2/c1-9(2)17-8-14(16)15-12-4-10-3-11(6-12)7-13(15)5-10/h9-16H,3-8H2,1-2H3. The van der Waals surface area contributed by atoms with Crippen LogP contribution in [0.1, 0.15) is 46.0 Å². The largest absolute Gasteiger partial charge is 0.390 e. The molecule has 17 heavy (non-hydrogen) atoms. The van der Waals surface area contributed by atoms with Crippen molar-refractivity contribution in [2.45, 2.75) is 58.2 Å². The number of ether oxygens (including phenoxy) is 1. The fourth-order valence-electron chi connectivity index (χ4n) is 5.00. The van der Waals surface area contributed by atoms with Crippen LogP contribution in [0.15, 0.2) is 0 Å². The Balaban J connectivity index is 1.63. The lowest BCUT2D eigenvalue weighted by Gasteiger charge is -2.55. The van der Waals surface area contributed by atoms with Gasteiger partial charge in [-0.15, -0.1) is 0 Å². The molecule has 2 heteroatoms. The first-order valence-corrected chi connectivity index (χ1v) is 7.43. The fraction of sp³-hybridized carbons (Fsp3) is 1.00.